The number of benzene rings is 1. The van der Waals surface area contributed by atoms with Crippen molar-refractivity contribution in [1.29, 1.82) is 5.26 Å². The van der Waals surface area contributed by atoms with E-state index in [1.54, 1.807) is 6.07 Å². The van der Waals surface area contributed by atoms with E-state index >= 15 is 0 Å². The quantitative estimate of drug-likeness (QED) is 0.813. The average molecular weight is 246 g/mol. The second-order valence-corrected chi connectivity index (χ2v) is 4.91. The van der Waals surface area contributed by atoms with Crippen LogP contribution in [-0.4, -0.2) is 17.5 Å². The Balaban J connectivity index is 2.16. The van der Waals surface area contributed by atoms with Gasteiger partial charge in [0.25, 0.3) is 0 Å². The Morgan fingerprint density at radius 1 is 1.39 bits per heavy atom. The number of nitriles is 1. The summed E-state index contributed by atoms with van der Waals surface area (Å²) in [7, 11) is 0. The van der Waals surface area contributed by atoms with Crippen molar-refractivity contribution in [2.75, 3.05) is 6.54 Å². The van der Waals surface area contributed by atoms with Crippen molar-refractivity contribution in [3.63, 3.8) is 0 Å². The fourth-order valence-electron chi connectivity index (χ4n) is 2.79. The monoisotopic (exact) mass is 246 g/mol. The van der Waals surface area contributed by atoms with E-state index in [1.807, 2.05) is 0 Å². The number of hydrogen-bond acceptors (Lipinski definition) is 2. The normalized spacial score (nSPS) is 16.1. The minimum Gasteiger partial charge on any atom is -0.296 e. The molecule has 1 fully saturated rings. The van der Waals surface area contributed by atoms with Crippen LogP contribution in [0.4, 0.5) is 4.39 Å². The van der Waals surface area contributed by atoms with Gasteiger partial charge in [-0.25, -0.2) is 4.39 Å². The number of rotatable bonds is 4. The zero-order valence-electron chi connectivity index (χ0n) is 10.8. The maximum atomic E-state index is 13.3. The molecule has 96 valence electrons. The first-order valence-electron chi connectivity index (χ1n) is 6.67. The molecular formula is C15H19FN2. The first-order chi connectivity index (χ1) is 8.74. The topological polar surface area (TPSA) is 27.0 Å². The van der Waals surface area contributed by atoms with Crippen LogP contribution in [0.3, 0.4) is 0 Å². The van der Waals surface area contributed by atoms with Gasteiger partial charge in [0, 0.05) is 12.6 Å². The number of halogens is 1. The lowest BCUT2D eigenvalue weighted by atomic mass is 10.1. The first kappa shape index (κ1) is 13.0. The molecule has 1 aromatic carbocycles. The summed E-state index contributed by atoms with van der Waals surface area (Å²) in [5.41, 5.74) is 1.40. The van der Waals surface area contributed by atoms with Crippen LogP contribution in [0.2, 0.25) is 0 Å². The lowest BCUT2D eigenvalue weighted by Gasteiger charge is -2.27. The summed E-state index contributed by atoms with van der Waals surface area (Å²) < 4.78 is 13.3. The summed E-state index contributed by atoms with van der Waals surface area (Å²) in [6.07, 6.45) is 5.03. The Kier molecular flexibility index (Phi) is 4.33. The van der Waals surface area contributed by atoms with Gasteiger partial charge in [-0.15, -0.1) is 0 Å². The molecule has 0 aliphatic heterocycles. The second kappa shape index (κ2) is 5.97. The van der Waals surface area contributed by atoms with Crippen LogP contribution < -0.4 is 0 Å². The average Bonchev–Trinajstić information content (AvgIpc) is 2.90. The van der Waals surface area contributed by atoms with Crippen molar-refractivity contribution < 1.29 is 4.39 Å². The SMILES string of the molecule is CCN(Cc1cc(F)ccc1C#N)C1CCCC1. The zero-order chi connectivity index (χ0) is 13.0. The molecule has 1 aliphatic rings. The Morgan fingerprint density at radius 2 is 2.11 bits per heavy atom. The molecule has 0 heterocycles. The van der Waals surface area contributed by atoms with Crippen molar-refractivity contribution in [2.24, 2.45) is 0 Å². The van der Waals surface area contributed by atoms with Crippen molar-refractivity contribution in [3.05, 3.63) is 35.1 Å². The zero-order valence-corrected chi connectivity index (χ0v) is 10.8. The van der Waals surface area contributed by atoms with E-state index in [-0.39, 0.29) is 5.82 Å². The van der Waals surface area contributed by atoms with Crippen LogP contribution in [0.15, 0.2) is 18.2 Å². The molecule has 0 aromatic heterocycles. The molecule has 0 spiro atoms. The third-order valence-electron chi connectivity index (χ3n) is 3.81. The van der Waals surface area contributed by atoms with Gasteiger partial charge < -0.3 is 0 Å². The van der Waals surface area contributed by atoms with E-state index in [2.05, 4.69) is 17.9 Å². The van der Waals surface area contributed by atoms with Crippen LogP contribution in [0.25, 0.3) is 0 Å². The highest BCUT2D eigenvalue weighted by molar-refractivity contribution is 5.37. The third-order valence-corrected chi connectivity index (χ3v) is 3.81. The molecule has 0 amide bonds. The van der Waals surface area contributed by atoms with Crippen LogP contribution in [0.1, 0.15) is 43.7 Å². The maximum Gasteiger partial charge on any atom is 0.123 e. The third kappa shape index (κ3) is 2.88. The van der Waals surface area contributed by atoms with Gasteiger partial charge >= 0.3 is 0 Å². The Labute approximate surface area is 108 Å². The summed E-state index contributed by atoms with van der Waals surface area (Å²) >= 11 is 0. The van der Waals surface area contributed by atoms with E-state index in [9.17, 15) is 4.39 Å². The molecular weight excluding hydrogens is 227 g/mol. The molecule has 1 aromatic rings. The Morgan fingerprint density at radius 3 is 2.72 bits per heavy atom. The van der Waals surface area contributed by atoms with Gasteiger partial charge in [-0.2, -0.15) is 5.26 Å². The predicted molar refractivity (Wildman–Crippen MR) is 69.5 cm³/mol. The highest BCUT2D eigenvalue weighted by atomic mass is 19.1. The highest BCUT2D eigenvalue weighted by Gasteiger charge is 2.22. The van der Waals surface area contributed by atoms with Gasteiger partial charge in [-0.3, -0.25) is 4.90 Å². The lowest BCUT2D eigenvalue weighted by molar-refractivity contribution is 0.200. The molecule has 2 rings (SSSR count). The summed E-state index contributed by atoms with van der Waals surface area (Å²) in [5, 5.41) is 9.07. The summed E-state index contributed by atoms with van der Waals surface area (Å²) in [4.78, 5) is 2.36. The molecule has 0 N–H and O–H groups in total. The van der Waals surface area contributed by atoms with Crippen molar-refractivity contribution in [2.45, 2.75) is 45.2 Å². The molecule has 2 nitrogen and oxygen atoms in total. The van der Waals surface area contributed by atoms with E-state index < -0.39 is 0 Å². The molecule has 1 aliphatic carbocycles. The summed E-state index contributed by atoms with van der Waals surface area (Å²) in [5.74, 6) is -0.258. The molecule has 1 saturated carbocycles. The van der Waals surface area contributed by atoms with Crippen molar-refractivity contribution >= 4 is 0 Å². The Bertz CT molecular complexity index is 444. The standard InChI is InChI=1S/C15H19FN2/c1-2-18(15-5-3-4-6-15)11-13-9-14(16)8-7-12(13)10-17/h7-9,15H,2-6,11H2,1H3. The van der Waals surface area contributed by atoms with Crippen LogP contribution in [0, 0.1) is 17.1 Å². The Hall–Kier alpha value is -1.40. The van der Waals surface area contributed by atoms with E-state index in [4.69, 9.17) is 5.26 Å². The van der Waals surface area contributed by atoms with Crippen molar-refractivity contribution in [3.8, 4) is 6.07 Å². The smallest absolute Gasteiger partial charge is 0.123 e. The van der Waals surface area contributed by atoms with E-state index in [0.717, 1.165) is 12.1 Å². The van der Waals surface area contributed by atoms with Crippen molar-refractivity contribution in [1.82, 2.24) is 4.90 Å². The maximum absolute atomic E-state index is 13.3. The second-order valence-electron chi connectivity index (χ2n) is 4.91. The molecule has 0 bridgehead atoms. The molecule has 0 unspecified atom stereocenters. The van der Waals surface area contributed by atoms with Gasteiger partial charge in [0.05, 0.1) is 11.6 Å². The lowest BCUT2D eigenvalue weighted by Crippen LogP contribution is -2.32. The fourth-order valence-corrected chi connectivity index (χ4v) is 2.79. The first-order valence-corrected chi connectivity index (χ1v) is 6.67. The minimum atomic E-state index is -0.258. The predicted octanol–water partition coefficient (Wildman–Crippen LogP) is 3.46. The molecule has 3 heteroatoms. The molecule has 0 saturated heterocycles. The van der Waals surface area contributed by atoms with Gasteiger partial charge in [-0.1, -0.05) is 19.8 Å². The minimum absolute atomic E-state index is 0.258. The summed E-state index contributed by atoms with van der Waals surface area (Å²) in [6, 6.07) is 7.18. The van der Waals surface area contributed by atoms with Gasteiger partial charge in [0.2, 0.25) is 0 Å². The molecule has 0 radical (unpaired) electrons. The van der Waals surface area contributed by atoms with Crippen LogP contribution in [-0.2, 0) is 6.54 Å². The van der Waals surface area contributed by atoms with Crippen LogP contribution in [0.5, 0.6) is 0 Å². The van der Waals surface area contributed by atoms with E-state index in [1.165, 1.54) is 37.8 Å². The largest absolute Gasteiger partial charge is 0.296 e. The highest BCUT2D eigenvalue weighted by Crippen LogP contribution is 2.25. The fraction of sp³-hybridized carbons (Fsp3) is 0.533. The van der Waals surface area contributed by atoms with Gasteiger partial charge in [0.1, 0.15) is 5.82 Å². The molecule has 18 heavy (non-hydrogen) atoms. The van der Waals surface area contributed by atoms with Gasteiger partial charge in [0.15, 0.2) is 0 Å². The number of nitrogens with zero attached hydrogens (tertiary/aromatic N) is 2. The van der Waals surface area contributed by atoms with Gasteiger partial charge in [-0.05, 0) is 43.1 Å². The molecule has 0 atom stereocenters. The summed E-state index contributed by atoms with van der Waals surface area (Å²) in [6.45, 7) is 3.76. The van der Waals surface area contributed by atoms with E-state index in [0.29, 0.717) is 18.2 Å². The number of hydrogen-bond donors (Lipinski definition) is 0. The van der Waals surface area contributed by atoms with Crippen LogP contribution >= 0.6 is 0 Å².